The highest BCUT2D eigenvalue weighted by atomic mass is 16.2. The molecule has 3 atom stereocenters. The molecule has 2 N–H and O–H groups in total. The van der Waals surface area contributed by atoms with Crippen molar-refractivity contribution in [1.82, 2.24) is 15.5 Å². The third-order valence-electron chi connectivity index (χ3n) is 4.52. The van der Waals surface area contributed by atoms with Gasteiger partial charge in [0.05, 0.1) is 6.04 Å². The van der Waals surface area contributed by atoms with Crippen LogP contribution in [0, 0.1) is 5.92 Å². The molecule has 4 nitrogen and oxygen atoms in total. The topological polar surface area (TPSA) is 44.4 Å². The van der Waals surface area contributed by atoms with Crippen LogP contribution in [0.15, 0.2) is 0 Å². The van der Waals surface area contributed by atoms with Crippen molar-refractivity contribution in [3.05, 3.63) is 0 Å². The van der Waals surface area contributed by atoms with Crippen LogP contribution in [-0.4, -0.2) is 48.6 Å². The second-order valence-corrected chi connectivity index (χ2v) is 5.82. The van der Waals surface area contributed by atoms with Crippen LogP contribution < -0.4 is 10.6 Å². The predicted octanol–water partition coefficient (Wildman–Crippen LogP) is 0.337. The molecule has 2 saturated heterocycles. The number of piperidine rings is 1. The average Bonchev–Trinajstić information content (AvgIpc) is 3.01. The van der Waals surface area contributed by atoms with Crippen molar-refractivity contribution in [2.24, 2.45) is 5.92 Å². The Balaban J connectivity index is 1.62. The molecular formula is C13H23N3O. The van der Waals surface area contributed by atoms with Gasteiger partial charge in [-0.05, 0) is 51.6 Å². The van der Waals surface area contributed by atoms with Gasteiger partial charge < -0.3 is 10.6 Å². The van der Waals surface area contributed by atoms with Gasteiger partial charge >= 0.3 is 0 Å². The second kappa shape index (κ2) is 4.58. The van der Waals surface area contributed by atoms with Gasteiger partial charge in [-0.3, -0.25) is 9.69 Å². The number of rotatable bonds is 3. The molecule has 4 heteroatoms. The maximum absolute atomic E-state index is 12.1. The molecule has 1 amide bonds. The van der Waals surface area contributed by atoms with Crippen molar-refractivity contribution in [2.75, 3.05) is 19.6 Å². The zero-order valence-corrected chi connectivity index (χ0v) is 10.6. The normalized spacial score (nSPS) is 35.4. The van der Waals surface area contributed by atoms with Crippen molar-refractivity contribution >= 4 is 5.91 Å². The van der Waals surface area contributed by atoms with Crippen molar-refractivity contribution in [3.8, 4) is 0 Å². The van der Waals surface area contributed by atoms with Crippen LogP contribution in [0.25, 0.3) is 0 Å². The summed E-state index contributed by atoms with van der Waals surface area (Å²) in [5.74, 6) is 1.000. The minimum Gasteiger partial charge on any atom is -0.352 e. The molecule has 0 aromatic heterocycles. The fraction of sp³-hybridized carbons (Fsp3) is 0.923. The SMILES string of the molecule is CC(C(=O)NC1CC1)N1CCCC2CNCC21. The summed E-state index contributed by atoms with van der Waals surface area (Å²) < 4.78 is 0. The molecule has 0 radical (unpaired) electrons. The summed E-state index contributed by atoms with van der Waals surface area (Å²) >= 11 is 0. The first-order valence-electron chi connectivity index (χ1n) is 7.02. The van der Waals surface area contributed by atoms with Crippen LogP contribution in [0.3, 0.4) is 0 Å². The Morgan fingerprint density at radius 3 is 2.94 bits per heavy atom. The molecular weight excluding hydrogens is 214 g/mol. The monoisotopic (exact) mass is 237 g/mol. The molecule has 3 aliphatic rings. The number of carbonyl (C=O) groups excluding carboxylic acids is 1. The van der Waals surface area contributed by atoms with E-state index in [0.29, 0.717) is 12.1 Å². The zero-order chi connectivity index (χ0) is 11.8. The number of amides is 1. The Morgan fingerprint density at radius 1 is 1.35 bits per heavy atom. The van der Waals surface area contributed by atoms with E-state index in [-0.39, 0.29) is 11.9 Å². The maximum Gasteiger partial charge on any atom is 0.237 e. The molecule has 1 saturated carbocycles. The minimum absolute atomic E-state index is 0.0447. The Morgan fingerprint density at radius 2 is 2.18 bits per heavy atom. The summed E-state index contributed by atoms with van der Waals surface area (Å²) in [6, 6.07) is 1.11. The van der Waals surface area contributed by atoms with E-state index in [2.05, 4.69) is 22.5 Å². The number of likely N-dealkylation sites (tertiary alicyclic amines) is 1. The molecule has 2 heterocycles. The quantitative estimate of drug-likeness (QED) is 0.744. The Hall–Kier alpha value is -0.610. The largest absolute Gasteiger partial charge is 0.352 e. The van der Waals surface area contributed by atoms with Gasteiger partial charge in [-0.2, -0.15) is 0 Å². The van der Waals surface area contributed by atoms with Crippen LogP contribution in [0.1, 0.15) is 32.6 Å². The first-order chi connectivity index (χ1) is 8.25. The molecule has 3 rings (SSSR count). The van der Waals surface area contributed by atoms with Crippen molar-refractivity contribution in [1.29, 1.82) is 0 Å². The summed E-state index contributed by atoms with van der Waals surface area (Å²) in [6.45, 7) is 5.35. The lowest BCUT2D eigenvalue weighted by atomic mass is 9.91. The lowest BCUT2D eigenvalue weighted by Crippen LogP contribution is -2.54. The smallest absolute Gasteiger partial charge is 0.237 e. The van der Waals surface area contributed by atoms with Gasteiger partial charge in [-0.1, -0.05) is 0 Å². The highest BCUT2D eigenvalue weighted by Crippen LogP contribution is 2.28. The van der Waals surface area contributed by atoms with E-state index in [1.54, 1.807) is 0 Å². The summed E-state index contributed by atoms with van der Waals surface area (Å²) in [5.41, 5.74) is 0. The minimum atomic E-state index is 0.0447. The summed E-state index contributed by atoms with van der Waals surface area (Å²) in [5, 5.41) is 6.60. The fourth-order valence-corrected chi connectivity index (χ4v) is 3.28. The number of hydrogen-bond acceptors (Lipinski definition) is 3. The van der Waals surface area contributed by atoms with Crippen LogP contribution in [0.4, 0.5) is 0 Å². The van der Waals surface area contributed by atoms with E-state index in [0.717, 1.165) is 25.6 Å². The van der Waals surface area contributed by atoms with Gasteiger partial charge in [0.1, 0.15) is 0 Å². The first-order valence-corrected chi connectivity index (χ1v) is 7.02. The summed E-state index contributed by atoms with van der Waals surface area (Å²) in [7, 11) is 0. The summed E-state index contributed by atoms with van der Waals surface area (Å²) in [4.78, 5) is 14.5. The van der Waals surface area contributed by atoms with E-state index in [1.807, 2.05) is 0 Å². The predicted molar refractivity (Wildman–Crippen MR) is 66.7 cm³/mol. The standard InChI is InChI=1S/C13H23N3O/c1-9(13(17)15-11-4-5-11)16-6-2-3-10-7-14-8-12(10)16/h9-12,14H,2-8H2,1H3,(H,15,17). The molecule has 0 spiro atoms. The highest BCUT2D eigenvalue weighted by Gasteiger charge is 2.39. The van der Waals surface area contributed by atoms with Gasteiger partial charge in [0.25, 0.3) is 0 Å². The number of nitrogens with one attached hydrogen (secondary N) is 2. The third kappa shape index (κ3) is 2.33. The van der Waals surface area contributed by atoms with Gasteiger partial charge in [-0.15, -0.1) is 0 Å². The lowest BCUT2D eigenvalue weighted by Gasteiger charge is -2.40. The average molecular weight is 237 g/mol. The maximum atomic E-state index is 12.1. The lowest BCUT2D eigenvalue weighted by molar-refractivity contribution is -0.127. The number of hydrogen-bond donors (Lipinski definition) is 2. The van der Waals surface area contributed by atoms with Crippen molar-refractivity contribution < 1.29 is 4.79 Å². The van der Waals surface area contributed by atoms with E-state index in [1.165, 1.54) is 25.7 Å². The first kappa shape index (κ1) is 11.5. The molecule has 3 unspecified atom stereocenters. The van der Waals surface area contributed by atoms with E-state index < -0.39 is 0 Å². The number of fused-ring (bicyclic) bond motifs is 1. The molecule has 0 aromatic carbocycles. The van der Waals surface area contributed by atoms with Crippen LogP contribution >= 0.6 is 0 Å². The highest BCUT2D eigenvalue weighted by molar-refractivity contribution is 5.82. The van der Waals surface area contributed by atoms with Gasteiger partial charge in [0, 0.05) is 18.6 Å². The molecule has 17 heavy (non-hydrogen) atoms. The van der Waals surface area contributed by atoms with Crippen LogP contribution in [-0.2, 0) is 4.79 Å². The molecule has 96 valence electrons. The Bertz CT molecular complexity index is 303. The fourth-order valence-electron chi connectivity index (χ4n) is 3.28. The second-order valence-electron chi connectivity index (χ2n) is 5.82. The van der Waals surface area contributed by atoms with E-state index in [9.17, 15) is 4.79 Å². The molecule has 2 aliphatic heterocycles. The third-order valence-corrected chi connectivity index (χ3v) is 4.52. The summed E-state index contributed by atoms with van der Waals surface area (Å²) in [6.07, 6.45) is 4.91. The Labute approximate surface area is 103 Å². The number of carbonyl (C=O) groups is 1. The molecule has 0 aromatic rings. The molecule has 1 aliphatic carbocycles. The molecule has 0 bridgehead atoms. The van der Waals surface area contributed by atoms with Gasteiger partial charge in [0.2, 0.25) is 5.91 Å². The van der Waals surface area contributed by atoms with Crippen LogP contribution in [0.2, 0.25) is 0 Å². The molecule has 3 fully saturated rings. The van der Waals surface area contributed by atoms with Gasteiger partial charge in [0.15, 0.2) is 0 Å². The van der Waals surface area contributed by atoms with Crippen molar-refractivity contribution in [3.63, 3.8) is 0 Å². The van der Waals surface area contributed by atoms with Crippen molar-refractivity contribution in [2.45, 2.75) is 50.7 Å². The number of nitrogens with zero attached hydrogens (tertiary/aromatic N) is 1. The zero-order valence-electron chi connectivity index (χ0n) is 10.6. The van der Waals surface area contributed by atoms with E-state index >= 15 is 0 Å². The Kier molecular flexibility index (Phi) is 3.09. The van der Waals surface area contributed by atoms with Gasteiger partial charge in [-0.25, -0.2) is 0 Å². The van der Waals surface area contributed by atoms with Crippen LogP contribution in [0.5, 0.6) is 0 Å². The van der Waals surface area contributed by atoms with E-state index in [4.69, 9.17) is 0 Å².